The second-order valence-corrected chi connectivity index (χ2v) is 5.49. The Morgan fingerprint density at radius 1 is 1.33 bits per heavy atom. The number of hydrogen-bond donors (Lipinski definition) is 0. The maximum absolute atomic E-state index is 11.6. The van der Waals surface area contributed by atoms with E-state index in [1.54, 1.807) is 0 Å². The van der Waals surface area contributed by atoms with Gasteiger partial charge >= 0.3 is 5.97 Å². The normalized spacial score (nSPS) is 12.2. The van der Waals surface area contributed by atoms with Crippen LogP contribution in [0.1, 0.15) is 18.2 Å². The standard InChI is InChI=1S/C17H22N2O2/c1-11(17(20)21-5)10-19(4)16-12(2)13(3)18-15-9-7-6-8-14(15)16/h6-9,11H,10H2,1-5H3. The van der Waals surface area contributed by atoms with Crippen LogP contribution in [0.25, 0.3) is 10.9 Å². The summed E-state index contributed by atoms with van der Waals surface area (Å²) in [6.45, 7) is 6.58. The van der Waals surface area contributed by atoms with Crippen molar-refractivity contribution >= 4 is 22.6 Å². The number of hydrogen-bond acceptors (Lipinski definition) is 4. The third kappa shape index (κ3) is 2.99. The van der Waals surface area contributed by atoms with Crippen molar-refractivity contribution in [1.82, 2.24) is 4.98 Å². The molecule has 0 aliphatic carbocycles. The van der Waals surface area contributed by atoms with E-state index >= 15 is 0 Å². The maximum atomic E-state index is 11.6. The Kier molecular flexibility index (Phi) is 4.46. The molecule has 0 saturated heterocycles. The van der Waals surface area contributed by atoms with Crippen LogP contribution >= 0.6 is 0 Å². The van der Waals surface area contributed by atoms with E-state index in [2.05, 4.69) is 22.9 Å². The number of esters is 1. The second-order valence-electron chi connectivity index (χ2n) is 5.49. The fourth-order valence-electron chi connectivity index (χ4n) is 2.68. The lowest BCUT2D eigenvalue weighted by Gasteiger charge is -2.26. The highest BCUT2D eigenvalue weighted by molar-refractivity contribution is 5.93. The van der Waals surface area contributed by atoms with E-state index in [1.807, 2.05) is 39.1 Å². The molecule has 1 aromatic carbocycles. The summed E-state index contributed by atoms with van der Waals surface area (Å²) in [7, 11) is 3.43. The number of pyridine rings is 1. The van der Waals surface area contributed by atoms with E-state index in [4.69, 9.17) is 4.74 Å². The van der Waals surface area contributed by atoms with Crippen molar-refractivity contribution in [2.45, 2.75) is 20.8 Å². The highest BCUT2D eigenvalue weighted by atomic mass is 16.5. The van der Waals surface area contributed by atoms with Gasteiger partial charge in [-0.2, -0.15) is 0 Å². The summed E-state index contributed by atoms with van der Waals surface area (Å²) in [5.74, 6) is -0.360. The Morgan fingerprint density at radius 2 is 2.00 bits per heavy atom. The third-order valence-electron chi connectivity index (χ3n) is 3.88. The molecule has 4 nitrogen and oxygen atoms in total. The fourth-order valence-corrected chi connectivity index (χ4v) is 2.68. The first-order valence-corrected chi connectivity index (χ1v) is 7.10. The molecule has 1 aromatic heterocycles. The summed E-state index contributed by atoms with van der Waals surface area (Å²) >= 11 is 0. The quantitative estimate of drug-likeness (QED) is 0.810. The smallest absolute Gasteiger partial charge is 0.310 e. The molecule has 0 fully saturated rings. The molecule has 0 spiro atoms. The van der Waals surface area contributed by atoms with E-state index in [9.17, 15) is 4.79 Å². The molecule has 1 unspecified atom stereocenters. The number of fused-ring (bicyclic) bond motifs is 1. The van der Waals surface area contributed by atoms with Gasteiger partial charge in [0.2, 0.25) is 0 Å². The minimum absolute atomic E-state index is 0.174. The molecule has 0 amide bonds. The summed E-state index contributed by atoms with van der Waals surface area (Å²) in [5.41, 5.74) is 4.27. The number of aryl methyl sites for hydroxylation is 1. The molecule has 0 aliphatic heterocycles. The zero-order valence-corrected chi connectivity index (χ0v) is 13.3. The molecular weight excluding hydrogens is 264 g/mol. The van der Waals surface area contributed by atoms with Crippen molar-refractivity contribution in [2.75, 3.05) is 25.6 Å². The minimum Gasteiger partial charge on any atom is -0.469 e. The molecule has 0 bridgehead atoms. The molecule has 0 radical (unpaired) electrons. The molecule has 1 atom stereocenters. The SMILES string of the molecule is COC(=O)C(C)CN(C)c1c(C)c(C)nc2ccccc12. The molecule has 1 heterocycles. The maximum Gasteiger partial charge on any atom is 0.310 e. The predicted molar refractivity (Wildman–Crippen MR) is 85.7 cm³/mol. The lowest BCUT2D eigenvalue weighted by molar-refractivity contribution is -0.144. The van der Waals surface area contributed by atoms with Gasteiger partial charge < -0.3 is 9.64 Å². The number of carbonyl (C=O) groups excluding carboxylic acids is 1. The highest BCUT2D eigenvalue weighted by Crippen LogP contribution is 2.30. The molecule has 2 rings (SSSR count). The minimum atomic E-state index is -0.186. The van der Waals surface area contributed by atoms with Gasteiger partial charge in [-0.3, -0.25) is 9.78 Å². The van der Waals surface area contributed by atoms with Crippen LogP contribution in [0.5, 0.6) is 0 Å². The number of nitrogens with zero attached hydrogens (tertiary/aromatic N) is 2. The number of benzene rings is 1. The van der Waals surface area contributed by atoms with Crippen LogP contribution in [0.2, 0.25) is 0 Å². The molecule has 4 heteroatoms. The number of aromatic nitrogens is 1. The van der Waals surface area contributed by atoms with Gasteiger partial charge in [0.25, 0.3) is 0 Å². The Morgan fingerprint density at radius 3 is 2.67 bits per heavy atom. The summed E-state index contributed by atoms with van der Waals surface area (Å²) < 4.78 is 4.81. The van der Waals surface area contributed by atoms with Crippen molar-refractivity contribution in [1.29, 1.82) is 0 Å². The molecule has 0 aliphatic rings. The first kappa shape index (κ1) is 15.3. The van der Waals surface area contributed by atoms with E-state index in [1.165, 1.54) is 7.11 Å². The molecule has 0 saturated carbocycles. The van der Waals surface area contributed by atoms with Gasteiger partial charge in [0.05, 0.1) is 24.2 Å². The summed E-state index contributed by atoms with van der Waals surface area (Å²) in [4.78, 5) is 18.4. The summed E-state index contributed by atoms with van der Waals surface area (Å²) in [6, 6.07) is 8.09. The fraction of sp³-hybridized carbons (Fsp3) is 0.412. The van der Waals surface area contributed by atoms with Gasteiger partial charge in [-0.25, -0.2) is 0 Å². The van der Waals surface area contributed by atoms with Crippen LogP contribution in [0.3, 0.4) is 0 Å². The zero-order chi connectivity index (χ0) is 15.6. The van der Waals surface area contributed by atoms with Gasteiger partial charge in [0.1, 0.15) is 0 Å². The van der Waals surface area contributed by atoms with Crippen LogP contribution in [-0.4, -0.2) is 31.7 Å². The van der Waals surface area contributed by atoms with E-state index in [0.29, 0.717) is 6.54 Å². The first-order valence-electron chi connectivity index (χ1n) is 7.10. The number of carbonyl (C=O) groups is 1. The van der Waals surface area contributed by atoms with Gasteiger partial charge in [0.15, 0.2) is 0 Å². The molecule has 2 aromatic rings. The predicted octanol–water partition coefficient (Wildman–Crippen LogP) is 3.10. The summed E-state index contributed by atoms with van der Waals surface area (Å²) in [6.07, 6.45) is 0. The molecule has 112 valence electrons. The Labute approximate surface area is 125 Å². The van der Waals surface area contributed by atoms with E-state index in [-0.39, 0.29) is 11.9 Å². The largest absolute Gasteiger partial charge is 0.469 e. The van der Waals surface area contributed by atoms with Crippen molar-refractivity contribution in [3.8, 4) is 0 Å². The number of ether oxygens (including phenoxy) is 1. The first-order chi connectivity index (χ1) is 9.95. The van der Waals surface area contributed by atoms with Crippen LogP contribution in [-0.2, 0) is 9.53 Å². The lowest BCUT2D eigenvalue weighted by Crippen LogP contribution is -2.30. The van der Waals surface area contributed by atoms with Crippen molar-refractivity contribution in [3.05, 3.63) is 35.5 Å². The van der Waals surface area contributed by atoms with Crippen molar-refractivity contribution in [2.24, 2.45) is 5.92 Å². The van der Waals surface area contributed by atoms with Crippen LogP contribution in [0, 0.1) is 19.8 Å². The molecular formula is C17H22N2O2. The number of rotatable bonds is 4. The third-order valence-corrected chi connectivity index (χ3v) is 3.88. The van der Waals surface area contributed by atoms with Gasteiger partial charge in [-0.15, -0.1) is 0 Å². The zero-order valence-electron chi connectivity index (χ0n) is 13.3. The van der Waals surface area contributed by atoms with Crippen LogP contribution in [0.15, 0.2) is 24.3 Å². The molecule has 0 N–H and O–H groups in total. The van der Waals surface area contributed by atoms with Crippen molar-refractivity contribution < 1.29 is 9.53 Å². The number of methoxy groups -OCH3 is 1. The number of anilines is 1. The second kappa shape index (κ2) is 6.12. The number of para-hydroxylation sites is 1. The average Bonchev–Trinajstić information content (AvgIpc) is 2.47. The van der Waals surface area contributed by atoms with Gasteiger partial charge in [0, 0.05) is 24.7 Å². The Balaban J connectivity index is 2.45. The van der Waals surface area contributed by atoms with Crippen LogP contribution in [0.4, 0.5) is 5.69 Å². The average molecular weight is 286 g/mol. The van der Waals surface area contributed by atoms with Gasteiger partial charge in [-0.05, 0) is 25.5 Å². The summed E-state index contributed by atoms with van der Waals surface area (Å²) in [5, 5.41) is 1.11. The van der Waals surface area contributed by atoms with Gasteiger partial charge in [-0.1, -0.05) is 25.1 Å². The van der Waals surface area contributed by atoms with E-state index in [0.717, 1.165) is 27.8 Å². The van der Waals surface area contributed by atoms with Crippen molar-refractivity contribution in [3.63, 3.8) is 0 Å². The Bertz CT molecular complexity index is 667. The van der Waals surface area contributed by atoms with E-state index < -0.39 is 0 Å². The monoisotopic (exact) mass is 286 g/mol. The van der Waals surface area contributed by atoms with Crippen LogP contribution < -0.4 is 4.90 Å². The Hall–Kier alpha value is -2.10. The topological polar surface area (TPSA) is 42.4 Å². The lowest BCUT2D eigenvalue weighted by atomic mass is 10.0. The highest BCUT2D eigenvalue weighted by Gasteiger charge is 2.19. The molecule has 21 heavy (non-hydrogen) atoms.